The molecule has 0 bridgehead atoms. The highest BCUT2D eigenvalue weighted by atomic mass is 16.2. The number of carbonyl (C=O) groups is 2. The second-order valence-corrected chi connectivity index (χ2v) is 3.52. The highest BCUT2D eigenvalue weighted by Gasteiger charge is 2.17. The summed E-state index contributed by atoms with van der Waals surface area (Å²) in [5.74, 6) is 4.69. The average molecular weight is 252 g/mol. The first-order valence-corrected chi connectivity index (χ1v) is 5.45. The lowest BCUT2D eigenvalue weighted by Crippen LogP contribution is -2.45. The number of amides is 2. The van der Waals surface area contributed by atoms with Crippen LogP contribution in [0.4, 0.5) is 5.82 Å². The van der Waals surface area contributed by atoms with Crippen LogP contribution in [0.15, 0.2) is 12.4 Å². The van der Waals surface area contributed by atoms with Crippen molar-refractivity contribution in [3.63, 3.8) is 0 Å². The maximum atomic E-state index is 11.8. The van der Waals surface area contributed by atoms with E-state index in [1.54, 1.807) is 13.8 Å². The maximum Gasteiger partial charge on any atom is 0.272 e. The second-order valence-electron chi connectivity index (χ2n) is 3.52. The lowest BCUT2D eigenvalue weighted by atomic mass is 10.3. The van der Waals surface area contributed by atoms with Gasteiger partial charge in [0.25, 0.3) is 5.91 Å². The van der Waals surface area contributed by atoms with Crippen LogP contribution in [-0.4, -0.2) is 34.4 Å². The van der Waals surface area contributed by atoms with Crippen molar-refractivity contribution in [2.75, 3.05) is 12.0 Å². The predicted octanol–water partition coefficient (Wildman–Crippen LogP) is -0.983. The van der Waals surface area contributed by atoms with Crippen LogP contribution in [0.1, 0.15) is 24.3 Å². The molecule has 8 heteroatoms. The molecule has 0 aliphatic rings. The molecule has 0 aliphatic carbocycles. The van der Waals surface area contributed by atoms with Crippen molar-refractivity contribution in [2.45, 2.75) is 19.9 Å². The van der Waals surface area contributed by atoms with Gasteiger partial charge in [-0.3, -0.25) is 14.6 Å². The SMILES string of the molecule is CCNC(=O)C(C)NC(=O)c1cncc(NN)n1. The first-order chi connectivity index (χ1) is 8.58. The van der Waals surface area contributed by atoms with E-state index in [-0.39, 0.29) is 17.4 Å². The smallest absolute Gasteiger partial charge is 0.272 e. The van der Waals surface area contributed by atoms with Crippen molar-refractivity contribution >= 4 is 17.6 Å². The zero-order valence-corrected chi connectivity index (χ0v) is 10.2. The first kappa shape index (κ1) is 13.8. The van der Waals surface area contributed by atoms with Crippen molar-refractivity contribution in [3.8, 4) is 0 Å². The molecule has 1 aromatic heterocycles. The molecule has 98 valence electrons. The minimum absolute atomic E-state index is 0.0848. The number of likely N-dealkylation sites (N-methyl/N-ethyl adjacent to an activating group) is 1. The summed E-state index contributed by atoms with van der Waals surface area (Å²) >= 11 is 0. The van der Waals surface area contributed by atoms with Gasteiger partial charge in [-0.15, -0.1) is 0 Å². The normalized spacial score (nSPS) is 11.5. The van der Waals surface area contributed by atoms with Crippen molar-refractivity contribution < 1.29 is 9.59 Å². The van der Waals surface area contributed by atoms with Crippen LogP contribution in [0.2, 0.25) is 0 Å². The predicted molar refractivity (Wildman–Crippen MR) is 65.5 cm³/mol. The number of nitrogens with two attached hydrogens (primary N) is 1. The number of nitrogen functional groups attached to an aromatic ring is 1. The van der Waals surface area contributed by atoms with Gasteiger partial charge in [-0.25, -0.2) is 10.8 Å². The molecule has 1 aromatic rings. The molecule has 8 nitrogen and oxygen atoms in total. The lowest BCUT2D eigenvalue weighted by Gasteiger charge is -2.12. The fourth-order valence-corrected chi connectivity index (χ4v) is 1.21. The summed E-state index contributed by atoms with van der Waals surface area (Å²) in [6, 6.07) is -0.645. The third-order valence-corrected chi connectivity index (χ3v) is 2.11. The molecule has 0 spiro atoms. The van der Waals surface area contributed by atoms with Gasteiger partial charge in [0, 0.05) is 6.54 Å². The van der Waals surface area contributed by atoms with E-state index < -0.39 is 11.9 Å². The molecule has 2 amide bonds. The number of anilines is 1. The largest absolute Gasteiger partial charge is 0.355 e. The van der Waals surface area contributed by atoms with Crippen LogP contribution in [0.25, 0.3) is 0 Å². The Hall–Kier alpha value is -2.22. The Morgan fingerprint density at radius 1 is 1.44 bits per heavy atom. The average Bonchev–Trinajstić information content (AvgIpc) is 2.39. The van der Waals surface area contributed by atoms with Crippen LogP contribution >= 0.6 is 0 Å². The fraction of sp³-hybridized carbons (Fsp3) is 0.400. The van der Waals surface area contributed by atoms with Gasteiger partial charge in [-0.2, -0.15) is 0 Å². The second kappa shape index (κ2) is 6.50. The van der Waals surface area contributed by atoms with Gasteiger partial charge in [0.05, 0.1) is 12.4 Å². The number of hydrazine groups is 1. The number of aromatic nitrogens is 2. The number of hydrogen-bond donors (Lipinski definition) is 4. The van der Waals surface area contributed by atoms with Gasteiger partial charge in [-0.1, -0.05) is 0 Å². The van der Waals surface area contributed by atoms with Crippen molar-refractivity contribution in [1.82, 2.24) is 20.6 Å². The summed E-state index contributed by atoms with van der Waals surface area (Å²) in [5.41, 5.74) is 2.37. The van der Waals surface area contributed by atoms with Gasteiger partial charge in [-0.05, 0) is 13.8 Å². The Kier molecular flexibility index (Phi) is 5.00. The summed E-state index contributed by atoms with van der Waals surface area (Å²) in [6.45, 7) is 3.89. The van der Waals surface area contributed by atoms with Crippen molar-refractivity contribution in [2.24, 2.45) is 5.84 Å². The van der Waals surface area contributed by atoms with Gasteiger partial charge >= 0.3 is 0 Å². The summed E-state index contributed by atoms with van der Waals surface area (Å²) < 4.78 is 0. The summed E-state index contributed by atoms with van der Waals surface area (Å²) in [6.07, 6.45) is 2.67. The van der Waals surface area contributed by atoms with Crippen LogP contribution in [-0.2, 0) is 4.79 Å². The number of nitrogens with one attached hydrogen (secondary N) is 3. The van der Waals surface area contributed by atoms with E-state index in [1.165, 1.54) is 12.4 Å². The van der Waals surface area contributed by atoms with E-state index in [0.29, 0.717) is 6.54 Å². The molecule has 1 unspecified atom stereocenters. The van der Waals surface area contributed by atoms with Crippen LogP contribution in [0, 0.1) is 0 Å². The van der Waals surface area contributed by atoms with Gasteiger partial charge in [0.15, 0.2) is 5.82 Å². The van der Waals surface area contributed by atoms with Crippen molar-refractivity contribution in [3.05, 3.63) is 18.1 Å². The highest BCUT2D eigenvalue weighted by molar-refractivity contribution is 5.95. The van der Waals surface area contributed by atoms with E-state index in [9.17, 15) is 9.59 Å². The van der Waals surface area contributed by atoms with Gasteiger partial charge in [0.2, 0.25) is 5.91 Å². The fourth-order valence-electron chi connectivity index (χ4n) is 1.21. The molecule has 0 saturated carbocycles. The van der Waals surface area contributed by atoms with Crippen molar-refractivity contribution in [1.29, 1.82) is 0 Å². The Bertz CT molecular complexity index is 436. The zero-order chi connectivity index (χ0) is 13.5. The molecule has 5 N–H and O–H groups in total. The molecule has 1 atom stereocenters. The standard InChI is InChI=1S/C10H16N6O2/c1-3-13-9(17)6(2)14-10(18)7-4-12-5-8(15-7)16-11/h4-6H,3,11H2,1-2H3,(H,13,17)(H,14,18)(H,15,16). The summed E-state index contributed by atoms with van der Waals surface area (Å²) in [7, 11) is 0. The van der Waals surface area contributed by atoms with Crippen LogP contribution < -0.4 is 21.9 Å². The topological polar surface area (TPSA) is 122 Å². The number of carbonyl (C=O) groups excluding carboxylic acids is 2. The number of nitrogens with zero attached hydrogens (tertiary/aromatic N) is 2. The first-order valence-electron chi connectivity index (χ1n) is 5.45. The molecule has 0 aromatic carbocycles. The quantitative estimate of drug-likeness (QED) is 0.394. The van der Waals surface area contributed by atoms with E-state index >= 15 is 0 Å². The molecule has 0 saturated heterocycles. The Labute approximate surface area is 104 Å². The zero-order valence-electron chi connectivity index (χ0n) is 10.2. The molecule has 1 heterocycles. The molecule has 0 aliphatic heterocycles. The Balaban J connectivity index is 2.67. The monoisotopic (exact) mass is 252 g/mol. The minimum atomic E-state index is -0.645. The lowest BCUT2D eigenvalue weighted by molar-refractivity contribution is -0.122. The van der Waals surface area contributed by atoms with E-state index in [1.807, 2.05) is 0 Å². The van der Waals surface area contributed by atoms with Crippen LogP contribution in [0.5, 0.6) is 0 Å². The molecule has 0 radical (unpaired) electrons. The molecular weight excluding hydrogens is 236 g/mol. The van der Waals surface area contributed by atoms with E-state index in [0.717, 1.165) is 0 Å². The Morgan fingerprint density at radius 3 is 2.78 bits per heavy atom. The van der Waals surface area contributed by atoms with Gasteiger partial charge < -0.3 is 16.1 Å². The third-order valence-electron chi connectivity index (χ3n) is 2.11. The number of rotatable bonds is 5. The van der Waals surface area contributed by atoms with Gasteiger partial charge in [0.1, 0.15) is 11.7 Å². The summed E-state index contributed by atoms with van der Waals surface area (Å²) in [4.78, 5) is 30.9. The van der Waals surface area contributed by atoms with E-state index in [4.69, 9.17) is 5.84 Å². The highest BCUT2D eigenvalue weighted by Crippen LogP contribution is 2.00. The molecule has 0 fully saturated rings. The Morgan fingerprint density at radius 2 is 2.17 bits per heavy atom. The number of hydrogen-bond acceptors (Lipinski definition) is 6. The molecule has 18 heavy (non-hydrogen) atoms. The molecule has 1 rings (SSSR count). The van der Waals surface area contributed by atoms with Crippen LogP contribution in [0.3, 0.4) is 0 Å². The van der Waals surface area contributed by atoms with E-state index in [2.05, 4.69) is 26.0 Å². The minimum Gasteiger partial charge on any atom is -0.355 e. The molecular formula is C10H16N6O2. The third kappa shape index (κ3) is 3.67. The summed E-state index contributed by atoms with van der Waals surface area (Å²) in [5, 5.41) is 5.11. The maximum absolute atomic E-state index is 11.8.